The van der Waals surface area contributed by atoms with Gasteiger partial charge in [-0.2, -0.15) is 0 Å². The third-order valence-electron chi connectivity index (χ3n) is 1.45. The number of anilines is 1. The predicted octanol–water partition coefficient (Wildman–Crippen LogP) is 2.67. The molecule has 0 bridgehead atoms. The molecule has 0 aliphatic heterocycles. The van der Waals surface area contributed by atoms with Gasteiger partial charge in [0, 0.05) is 24.3 Å². The maximum Gasteiger partial charge on any atom is 0.222 e. The standard InChI is InChI=1S/C8H11BrClN3/c1-6(10)2-3-11-8-12-4-7(9)5-13-8/h4-6H,2-3H2,1H3,(H,11,12,13). The molecule has 0 fully saturated rings. The zero-order valence-electron chi connectivity index (χ0n) is 7.30. The first-order valence-corrected chi connectivity index (χ1v) is 5.27. The molecule has 0 aromatic carbocycles. The number of halogens is 2. The van der Waals surface area contributed by atoms with E-state index in [1.807, 2.05) is 6.92 Å². The van der Waals surface area contributed by atoms with Crippen molar-refractivity contribution >= 4 is 33.5 Å². The first-order valence-electron chi connectivity index (χ1n) is 4.04. The number of nitrogens with one attached hydrogen (secondary N) is 1. The van der Waals surface area contributed by atoms with E-state index >= 15 is 0 Å². The van der Waals surface area contributed by atoms with Crippen molar-refractivity contribution in [2.45, 2.75) is 18.7 Å². The number of hydrogen-bond donors (Lipinski definition) is 1. The molecule has 13 heavy (non-hydrogen) atoms. The first kappa shape index (κ1) is 10.7. The van der Waals surface area contributed by atoms with Crippen molar-refractivity contribution < 1.29 is 0 Å². The lowest BCUT2D eigenvalue weighted by molar-refractivity contribution is 0.834. The van der Waals surface area contributed by atoms with E-state index in [1.165, 1.54) is 0 Å². The third kappa shape index (κ3) is 4.43. The second-order valence-electron chi connectivity index (χ2n) is 2.72. The predicted molar refractivity (Wildman–Crippen MR) is 58.2 cm³/mol. The van der Waals surface area contributed by atoms with Crippen LogP contribution in [0.5, 0.6) is 0 Å². The number of rotatable bonds is 4. The lowest BCUT2D eigenvalue weighted by Crippen LogP contribution is -2.08. The van der Waals surface area contributed by atoms with Crippen LogP contribution in [0.15, 0.2) is 16.9 Å². The first-order chi connectivity index (χ1) is 6.18. The summed E-state index contributed by atoms with van der Waals surface area (Å²) in [5.41, 5.74) is 0. The van der Waals surface area contributed by atoms with E-state index < -0.39 is 0 Å². The van der Waals surface area contributed by atoms with Gasteiger partial charge < -0.3 is 5.32 Å². The van der Waals surface area contributed by atoms with Crippen molar-refractivity contribution in [1.29, 1.82) is 0 Å². The van der Waals surface area contributed by atoms with Crippen molar-refractivity contribution in [2.24, 2.45) is 0 Å². The molecule has 0 aliphatic rings. The number of hydrogen-bond acceptors (Lipinski definition) is 3. The molecule has 0 saturated carbocycles. The van der Waals surface area contributed by atoms with E-state index in [-0.39, 0.29) is 5.38 Å². The van der Waals surface area contributed by atoms with E-state index in [2.05, 4.69) is 31.2 Å². The van der Waals surface area contributed by atoms with Crippen LogP contribution >= 0.6 is 27.5 Å². The van der Waals surface area contributed by atoms with Gasteiger partial charge in [0.05, 0.1) is 4.47 Å². The Morgan fingerprint density at radius 3 is 2.69 bits per heavy atom. The molecule has 1 heterocycles. The Morgan fingerprint density at radius 1 is 1.54 bits per heavy atom. The summed E-state index contributed by atoms with van der Waals surface area (Å²) in [7, 11) is 0. The zero-order valence-corrected chi connectivity index (χ0v) is 9.64. The molecule has 3 nitrogen and oxygen atoms in total. The molecule has 0 saturated heterocycles. The van der Waals surface area contributed by atoms with Crippen molar-refractivity contribution in [3.8, 4) is 0 Å². The van der Waals surface area contributed by atoms with Gasteiger partial charge in [-0.25, -0.2) is 9.97 Å². The summed E-state index contributed by atoms with van der Waals surface area (Å²) >= 11 is 9.04. The Morgan fingerprint density at radius 2 is 2.15 bits per heavy atom. The van der Waals surface area contributed by atoms with Crippen LogP contribution in [-0.2, 0) is 0 Å². The van der Waals surface area contributed by atoms with Crippen LogP contribution in [0.1, 0.15) is 13.3 Å². The number of nitrogens with zero attached hydrogens (tertiary/aromatic N) is 2. The summed E-state index contributed by atoms with van der Waals surface area (Å²) in [4.78, 5) is 8.13. The third-order valence-corrected chi connectivity index (χ3v) is 2.07. The van der Waals surface area contributed by atoms with Crippen LogP contribution in [0.3, 0.4) is 0 Å². The number of alkyl halides is 1. The average molecular weight is 265 g/mol. The van der Waals surface area contributed by atoms with Gasteiger partial charge >= 0.3 is 0 Å². The van der Waals surface area contributed by atoms with Gasteiger partial charge in [0.2, 0.25) is 5.95 Å². The van der Waals surface area contributed by atoms with E-state index in [9.17, 15) is 0 Å². The van der Waals surface area contributed by atoms with Crippen molar-refractivity contribution in [1.82, 2.24) is 9.97 Å². The number of aromatic nitrogens is 2. The second-order valence-corrected chi connectivity index (χ2v) is 4.38. The SMILES string of the molecule is CC(Cl)CCNc1ncc(Br)cn1. The van der Waals surface area contributed by atoms with E-state index in [4.69, 9.17) is 11.6 Å². The molecule has 1 rings (SSSR count). The van der Waals surface area contributed by atoms with Gasteiger partial charge in [-0.15, -0.1) is 11.6 Å². The Balaban J connectivity index is 2.33. The molecule has 1 atom stereocenters. The maximum absolute atomic E-state index is 5.78. The smallest absolute Gasteiger partial charge is 0.222 e. The highest BCUT2D eigenvalue weighted by Crippen LogP contribution is 2.07. The molecule has 5 heteroatoms. The lowest BCUT2D eigenvalue weighted by atomic mass is 10.3. The van der Waals surface area contributed by atoms with Crippen molar-refractivity contribution in [3.05, 3.63) is 16.9 Å². The molecule has 0 radical (unpaired) electrons. The average Bonchev–Trinajstić information content (AvgIpc) is 2.08. The largest absolute Gasteiger partial charge is 0.354 e. The minimum atomic E-state index is 0.183. The second kappa shape index (κ2) is 5.40. The molecular weight excluding hydrogens is 253 g/mol. The van der Waals surface area contributed by atoms with Crippen LogP contribution in [0.4, 0.5) is 5.95 Å². The Bertz CT molecular complexity index is 250. The van der Waals surface area contributed by atoms with E-state index in [1.54, 1.807) is 12.4 Å². The molecule has 1 N–H and O–H groups in total. The Kier molecular flexibility index (Phi) is 4.45. The van der Waals surface area contributed by atoms with Crippen LogP contribution in [0.25, 0.3) is 0 Å². The monoisotopic (exact) mass is 263 g/mol. The van der Waals surface area contributed by atoms with Crippen LogP contribution in [0.2, 0.25) is 0 Å². The van der Waals surface area contributed by atoms with Gasteiger partial charge in [0.15, 0.2) is 0 Å². The fourth-order valence-corrected chi connectivity index (χ4v) is 1.10. The molecule has 1 unspecified atom stereocenters. The topological polar surface area (TPSA) is 37.8 Å². The summed E-state index contributed by atoms with van der Waals surface area (Å²) in [5.74, 6) is 0.639. The summed E-state index contributed by atoms with van der Waals surface area (Å²) < 4.78 is 0.878. The Labute approximate surface area is 91.1 Å². The summed E-state index contributed by atoms with van der Waals surface area (Å²) in [5, 5.41) is 3.26. The van der Waals surface area contributed by atoms with Gasteiger partial charge in [-0.3, -0.25) is 0 Å². The lowest BCUT2D eigenvalue weighted by Gasteiger charge is -2.04. The Hall–Kier alpha value is -0.350. The van der Waals surface area contributed by atoms with Gasteiger partial charge in [0.1, 0.15) is 0 Å². The molecule has 0 spiro atoms. The van der Waals surface area contributed by atoms with E-state index in [0.29, 0.717) is 5.95 Å². The molecule has 0 amide bonds. The van der Waals surface area contributed by atoms with Crippen molar-refractivity contribution in [2.75, 3.05) is 11.9 Å². The summed E-state index contributed by atoms with van der Waals surface area (Å²) in [6.07, 6.45) is 4.32. The summed E-state index contributed by atoms with van der Waals surface area (Å²) in [6.45, 7) is 2.76. The molecule has 1 aromatic rings. The van der Waals surface area contributed by atoms with Gasteiger partial charge in [-0.05, 0) is 29.3 Å². The van der Waals surface area contributed by atoms with Gasteiger partial charge in [0.25, 0.3) is 0 Å². The minimum absolute atomic E-state index is 0.183. The fraction of sp³-hybridized carbons (Fsp3) is 0.500. The molecule has 1 aromatic heterocycles. The normalized spacial score (nSPS) is 12.5. The molecule has 0 aliphatic carbocycles. The highest BCUT2D eigenvalue weighted by Gasteiger charge is 1.97. The molecule has 72 valence electrons. The summed E-state index contributed by atoms with van der Waals surface area (Å²) in [6, 6.07) is 0. The van der Waals surface area contributed by atoms with Crippen LogP contribution in [-0.4, -0.2) is 21.9 Å². The quantitative estimate of drug-likeness (QED) is 0.850. The highest BCUT2D eigenvalue weighted by molar-refractivity contribution is 9.10. The minimum Gasteiger partial charge on any atom is -0.354 e. The fourth-order valence-electron chi connectivity index (χ4n) is 0.786. The van der Waals surface area contributed by atoms with Crippen LogP contribution in [0, 0.1) is 0 Å². The maximum atomic E-state index is 5.78. The van der Waals surface area contributed by atoms with Crippen molar-refractivity contribution in [3.63, 3.8) is 0 Å². The zero-order chi connectivity index (χ0) is 9.68. The molecular formula is C8H11BrClN3. The van der Waals surface area contributed by atoms with Crippen LogP contribution < -0.4 is 5.32 Å². The van der Waals surface area contributed by atoms with Gasteiger partial charge in [-0.1, -0.05) is 0 Å². The van der Waals surface area contributed by atoms with E-state index in [0.717, 1.165) is 17.4 Å². The highest BCUT2D eigenvalue weighted by atomic mass is 79.9.